The van der Waals surface area contributed by atoms with Gasteiger partial charge in [-0.25, -0.2) is 0 Å². The standard InChI is InChI=1S/C17H35N.BrH/c1-2-3-4-5-6-7-8-9-10-11-12-15-18-16-13-14-17-18;/h2-17H2,1H3;1H. The zero-order chi connectivity index (χ0) is 12.9. The lowest BCUT2D eigenvalue weighted by Gasteiger charge is -2.13. The van der Waals surface area contributed by atoms with Crippen LogP contribution in [-0.4, -0.2) is 24.5 Å². The monoisotopic (exact) mass is 333 g/mol. The smallest absolute Gasteiger partial charge is 0.00183 e. The summed E-state index contributed by atoms with van der Waals surface area (Å²) in [6.07, 6.45) is 18.9. The summed E-state index contributed by atoms with van der Waals surface area (Å²) in [6.45, 7) is 6.41. The third-order valence-corrected chi connectivity index (χ3v) is 4.28. The molecule has 0 radical (unpaired) electrons. The first kappa shape index (κ1) is 19.4. The molecular weight excluding hydrogens is 298 g/mol. The Hall–Kier alpha value is 0.440. The highest BCUT2D eigenvalue weighted by Crippen LogP contribution is 2.12. The van der Waals surface area contributed by atoms with E-state index in [1.165, 1.54) is 103 Å². The van der Waals surface area contributed by atoms with Crippen LogP contribution in [0.15, 0.2) is 0 Å². The second-order valence-electron chi connectivity index (χ2n) is 6.08. The van der Waals surface area contributed by atoms with E-state index >= 15 is 0 Å². The van der Waals surface area contributed by atoms with Gasteiger partial charge >= 0.3 is 0 Å². The van der Waals surface area contributed by atoms with Gasteiger partial charge in [-0.1, -0.05) is 71.1 Å². The summed E-state index contributed by atoms with van der Waals surface area (Å²) in [5.74, 6) is 0. The van der Waals surface area contributed by atoms with Crippen molar-refractivity contribution >= 4 is 17.0 Å². The van der Waals surface area contributed by atoms with Crippen molar-refractivity contribution in [3.05, 3.63) is 0 Å². The van der Waals surface area contributed by atoms with Crippen LogP contribution in [0.25, 0.3) is 0 Å². The summed E-state index contributed by atoms with van der Waals surface area (Å²) in [5, 5.41) is 0. The first-order valence-corrected chi connectivity index (χ1v) is 8.66. The number of unbranched alkanes of at least 4 members (excludes halogenated alkanes) is 10. The van der Waals surface area contributed by atoms with Crippen LogP contribution in [0, 0.1) is 0 Å². The third-order valence-electron chi connectivity index (χ3n) is 4.28. The van der Waals surface area contributed by atoms with E-state index in [9.17, 15) is 0 Å². The number of nitrogens with zero attached hydrogens (tertiary/aromatic N) is 1. The highest BCUT2D eigenvalue weighted by Gasteiger charge is 2.09. The van der Waals surface area contributed by atoms with Gasteiger partial charge in [0.15, 0.2) is 0 Å². The van der Waals surface area contributed by atoms with Crippen LogP contribution < -0.4 is 0 Å². The summed E-state index contributed by atoms with van der Waals surface area (Å²) in [6, 6.07) is 0. The van der Waals surface area contributed by atoms with E-state index in [2.05, 4.69) is 11.8 Å². The van der Waals surface area contributed by atoms with Crippen molar-refractivity contribution < 1.29 is 0 Å². The van der Waals surface area contributed by atoms with Gasteiger partial charge in [0, 0.05) is 0 Å². The molecule has 0 amide bonds. The molecule has 1 fully saturated rings. The summed E-state index contributed by atoms with van der Waals surface area (Å²) in [4.78, 5) is 2.65. The third kappa shape index (κ3) is 11.9. The zero-order valence-corrected chi connectivity index (χ0v) is 14.9. The second kappa shape index (κ2) is 14.8. The maximum atomic E-state index is 2.65. The maximum absolute atomic E-state index is 2.65. The lowest BCUT2D eigenvalue weighted by atomic mass is 10.1. The Morgan fingerprint density at radius 3 is 1.53 bits per heavy atom. The average molecular weight is 334 g/mol. The summed E-state index contributed by atoms with van der Waals surface area (Å²) < 4.78 is 0. The van der Waals surface area contributed by atoms with Crippen LogP contribution in [0.2, 0.25) is 0 Å². The van der Waals surface area contributed by atoms with E-state index in [4.69, 9.17) is 0 Å². The zero-order valence-electron chi connectivity index (χ0n) is 13.2. The van der Waals surface area contributed by atoms with Crippen molar-refractivity contribution in [2.24, 2.45) is 0 Å². The number of rotatable bonds is 12. The molecule has 1 saturated heterocycles. The van der Waals surface area contributed by atoms with E-state index in [-0.39, 0.29) is 17.0 Å². The van der Waals surface area contributed by atoms with Crippen LogP contribution in [0.3, 0.4) is 0 Å². The van der Waals surface area contributed by atoms with Crippen molar-refractivity contribution in [2.75, 3.05) is 19.6 Å². The van der Waals surface area contributed by atoms with Crippen LogP contribution in [0.1, 0.15) is 90.4 Å². The van der Waals surface area contributed by atoms with Gasteiger partial charge in [0.25, 0.3) is 0 Å². The van der Waals surface area contributed by atoms with Crippen molar-refractivity contribution in [1.82, 2.24) is 4.90 Å². The molecule has 2 heteroatoms. The minimum Gasteiger partial charge on any atom is -0.303 e. The maximum Gasteiger partial charge on any atom is -0.00183 e. The van der Waals surface area contributed by atoms with E-state index in [1.807, 2.05) is 0 Å². The first-order chi connectivity index (χ1) is 8.93. The highest BCUT2D eigenvalue weighted by atomic mass is 79.9. The number of halogens is 1. The average Bonchev–Trinajstić information content (AvgIpc) is 2.89. The second-order valence-corrected chi connectivity index (χ2v) is 6.08. The largest absolute Gasteiger partial charge is 0.303 e. The van der Waals surface area contributed by atoms with Crippen molar-refractivity contribution in [1.29, 1.82) is 0 Å². The summed E-state index contributed by atoms with van der Waals surface area (Å²) >= 11 is 0. The van der Waals surface area contributed by atoms with Gasteiger partial charge in [0.2, 0.25) is 0 Å². The fourth-order valence-electron chi connectivity index (χ4n) is 3.01. The van der Waals surface area contributed by atoms with E-state index in [0.717, 1.165) is 0 Å². The molecule has 0 aromatic heterocycles. The highest BCUT2D eigenvalue weighted by molar-refractivity contribution is 8.93. The Labute approximate surface area is 132 Å². The molecule has 0 unspecified atom stereocenters. The molecule has 19 heavy (non-hydrogen) atoms. The lowest BCUT2D eigenvalue weighted by Crippen LogP contribution is -2.20. The molecule has 0 bridgehead atoms. The van der Waals surface area contributed by atoms with Gasteiger partial charge in [0.05, 0.1) is 0 Å². The number of likely N-dealkylation sites (tertiary alicyclic amines) is 1. The molecule has 0 spiro atoms. The number of hydrogen-bond donors (Lipinski definition) is 0. The molecule has 1 aliphatic heterocycles. The SMILES string of the molecule is Br.CCCCCCCCCCCCCN1CCCC1. The minimum absolute atomic E-state index is 0. The molecule has 1 rings (SSSR count). The predicted molar refractivity (Wildman–Crippen MR) is 92.5 cm³/mol. The Morgan fingerprint density at radius 1 is 0.632 bits per heavy atom. The lowest BCUT2D eigenvalue weighted by molar-refractivity contribution is 0.327. The molecule has 0 aliphatic carbocycles. The molecule has 116 valence electrons. The van der Waals surface area contributed by atoms with Crippen LogP contribution in [0.4, 0.5) is 0 Å². The van der Waals surface area contributed by atoms with Crippen molar-refractivity contribution in [2.45, 2.75) is 90.4 Å². The quantitative estimate of drug-likeness (QED) is 0.397. The molecule has 0 aromatic carbocycles. The molecule has 0 atom stereocenters. The molecule has 1 nitrogen and oxygen atoms in total. The molecule has 0 N–H and O–H groups in total. The van der Waals surface area contributed by atoms with E-state index < -0.39 is 0 Å². The fourth-order valence-corrected chi connectivity index (χ4v) is 3.01. The predicted octanol–water partition coefficient (Wildman–Crippen LogP) is 5.97. The van der Waals surface area contributed by atoms with E-state index in [1.54, 1.807) is 0 Å². The van der Waals surface area contributed by atoms with Gasteiger partial charge in [-0.15, -0.1) is 17.0 Å². The Morgan fingerprint density at radius 2 is 1.05 bits per heavy atom. The Kier molecular flexibility index (Phi) is 15.2. The van der Waals surface area contributed by atoms with Gasteiger partial charge in [0.1, 0.15) is 0 Å². The van der Waals surface area contributed by atoms with E-state index in [0.29, 0.717) is 0 Å². The fraction of sp³-hybridized carbons (Fsp3) is 1.00. The van der Waals surface area contributed by atoms with Gasteiger partial charge in [-0.3, -0.25) is 0 Å². The summed E-state index contributed by atoms with van der Waals surface area (Å²) in [7, 11) is 0. The first-order valence-electron chi connectivity index (χ1n) is 8.66. The normalized spacial score (nSPS) is 15.6. The van der Waals surface area contributed by atoms with Gasteiger partial charge < -0.3 is 4.90 Å². The molecule has 0 aromatic rings. The summed E-state index contributed by atoms with van der Waals surface area (Å²) in [5.41, 5.74) is 0. The topological polar surface area (TPSA) is 3.24 Å². The molecule has 1 aliphatic rings. The van der Waals surface area contributed by atoms with Crippen LogP contribution in [0.5, 0.6) is 0 Å². The van der Waals surface area contributed by atoms with Gasteiger partial charge in [-0.2, -0.15) is 0 Å². The van der Waals surface area contributed by atoms with Crippen LogP contribution in [-0.2, 0) is 0 Å². The van der Waals surface area contributed by atoms with Gasteiger partial charge in [-0.05, 0) is 38.9 Å². The van der Waals surface area contributed by atoms with Crippen LogP contribution >= 0.6 is 17.0 Å². The minimum atomic E-state index is 0. The van der Waals surface area contributed by atoms with Crippen molar-refractivity contribution in [3.63, 3.8) is 0 Å². The Bertz CT molecular complexity index is 167. The molecule has 0 saturated carbocycles. The molecule has 1 heterocycles. The molecular formula is C17H36BrN. The number of hydrogen-bond acceptors (Lipinski definition) is 1. The van der Waals surface area contributed by atoms with Crippen molar-refractivity contribution in [3.8, 4) is 0 Å². The Balaban J connectivity index is 0.00000324.